The minimum Gasteiger partial charge on any atom is -0.338 e. The number of nitrogens with one attached hydrogen (secondary N) is 1. The Morgan fingerprint density at radius 3 is 2.57 bits per heavy atom. The summed E-state index contributed by atoms with van der Waals surface area (Å²) in [5, 5.41) is 8.15. The van der Waals surface area contributed by atoms with Crippen LogP contribution in [0.25, 0.3) is 11.5 Å². The predicted molar refractivity (Wildman–Crippen MR) is 136 cm³/mol. The number of carbonyl (C=O) groups excluding carboxylic acids is 2. The highest BCUT2D eigenvalue weighted by Crippen LogP contribution is 2.27. The molecule has 7 nitrogen and oxygen atoms in total. The lowest BCUT2D eigenvalue weighted by Crippen LogP contribution is -2.44. The van der Waals surface area contributed by atoms with Gasteiger partial charge < -0.3 is 14.8 Å². The van der Waals surface area contributed by atoms with Gasteiger partial charge in [0.2, 0.25) is 5.91 Å². The number of hydrogen-bond acceptors (Lipinski definition) is 3. The highest BCUT2D eigenvalue weighted by Gasteiger charge is 2.31. The molecule has 0 saturated carbocycles. The summed E-state index contributed by atoms with van der Waals surface area (Å²) >= 11 is 6.20. The van der Waals surface area contributed by atoms with E-state index in [1.165, 1.54) is 0 Å². The molecular formula is C27H26ClN5O2. The lowest BCUT2D eigenvalue weighted by Gasteiger charge is -2.32. The third kappa shape index (κ3) is 4.59. The first-order chi connectivity index (χ1) is 17.0. The first-order valence-corrected chi connectivity index (χ1v) is 12.0. The molecule has 0 unspecified atom stereocenters. The van der Waals surface area contributed by atoms with Crippen molar-refractivity contribution in [2.45, 2.75) is 19.8 Å². The Morgan fingerprint density at radius 2 is 1.80 bits per heavy atom. The van der Waals surface area contributed by atoms with Crippen LogP contribution < -0.4 is 5.32 Å². The smallest absolute Gasteiger partial charge is 0.259 e. The number of aromatic nitrogens is 3. The minimum absolute atomic E-state index is 0.0986. The summed E-state index contributed by atoms with van der Waals surface area (Å²) < 4.78 is 3.66. The molecule has 0 radical (unpaired) electrons. The van der Waals surface area contributed by atoms with E-state index in [1.807, 2.05) is 78.5 Å². The van der Waals surface area contributed by atoms with Crippen LogP contribution in [-0.4, -0.2) is 44.2 Å². The van der Waals surface area contributed by atoms with E-state index in [2.05, 4.69) is 10.4 Å². The maximum absolute atomic E-state index is 13.7. The second-order valence-electron chi connectivity index (χ2n) is 8.71. The summed E-state index contributed by atoms with van der Waals surface area (Å²) in [7, 11) is 0. The number of hydrogen-bond donors (Lipinski definition) is 1. The number of benzene rings is 2. The molecule has 1 atom stereocenters. The lowest BCUT2D eigenvalue weighted by molar-refractivity contribution is -0.121. The summed E-state index contributed by atoms with van der Waals surface area (Å²) in [5.74, 6) is 0.142. The second-order valence-corrected chi connectivity index (χ2v) is 9.12. The number of amides is 2. The fourth-order valence-electron chi connectivity index (χ4n) is 4.50. The second kappa shape index (κ2) is 9.80. The number of anilines is 1. The molecule has 1 saturated heterocycles. The van der Waals surface area contributed by atoms with Gasteiger partial charge in [-0.2, -0.15) is 5.10 Å². The van der Waals surface area contributed by atoms with Gasteiger partial charge in [0.05, 0.1) is 17.8 Å². The van der Waals surface area contributed by atoms with E-state index < -0.39 is 0 Å². The van der Waals surface area contributed by atoms with E-state index in [1.54, 1.807) is 21.8 Å². The number of carbonyl (C=O) groups is 2. The average molecular weight is 488 g/mol. The number of para-hydroxylation sites is 1. The van der Waals surface area contributed by atoms with Gasteiger partial charge in [0.25, 0.3) is 5.91 Å². The van der Waals surface area contributed by atoms with E-state index in [0.717, 1.165) is 24.1 Å². The lowest BCUT2D eigenvalue weighted by atomic mass is 9.96. The third-order valence-corrected chi connectivity index (χ3v) is 6.84. The van der Waals surface area contributed by atoms with Gasteiger partial charge in [-0.25, -0.2) is 4.68 Å². The molecule has 1 N–H and O–H groups in total. The number of likely N-dealkylation sites (tertiary alicyclic amines) is 1. The number of nitrogens with zero attached hydrogens (tertiary/aromatic N) is 4. The monoisotopic (exact) mass is 487 g/mol. The quantitative estimate of drug-likeness (QED) is 0.425. The Bertz CT molecular complexity index is 1350. The van der Waals surface area contributed by atoms with Crippen molar-refractivity contribution in [1.29, 1.82) is 0 Å². The van der Waals surface area contributed by atoms with Crippen molar-refractivity contribution < 1.29 is 9.59 Å². The molecule has 1 aliphatic rings. The SMILES string of the molecule is Cc1c(Cl)cccc1NC(=O)[C@H]1CCCN(C(=O)c2cnn(-c3ccccc3)c2-n2cccc2)C1. The highest BCUT2D eigenvalue weighted by molar-refractivity contribution is 6.31. The van der Waals surface area contributed by atoms with E-state index in [-0.39, 0.29) is 17.7 Å². The van der Waals surface area contributed by atoms with Gasteiger partial charge in [-0.15, -0.1) is 0 Å². The zero-order valence-corrected chi connectivity index (χ0v) is 20.2. The first kappa shape index (κ1) is 22.9. The molecule has 0 aliphatic carbocycles. The van der Waals surface area contributed by atoms with E-state index in [4.69, 9.17) is 11.6 Å². The predicted octanol–water partition coefficient (Wildman–Crippen LogP) is 5.12. The molecule has 178 valence electrons. The fourth-order valence-corrected chi connectivity index (χ4v) is 4.67. The third-order valence-electron chi connectivity index (χ3n) is 6.43. The van der Waals surface area contributed by atoms with Crippen molar-refractivity contribution in [3.05, 3.63) is 95.4 Å². The van der Waals surface area contributed by atoms with Crippen LogP contribution in [0.15, 0.2) is 79.3 Å². The zero-order valence-electron chi connectivity index (χ0n) is 19.4. The number of rotatable bonds is 5. The molecule has 3 heterocycles. The molecule has 2 aromatic carbocycles. The standard InChI is InChI=1S/C27H26ClN5O2/c1-19-23(28)12-7-13-24(19)30-25(34)20-9-8-16-32(18-20)27(35)22-17-29-33(21-10-3-2-4-11-21)26(22)31-14-5-6-15-31/h2-7,10-15,17,20H,8-9,16,18H2,1H3,(H,30,34)/t20-/m0/s1. The van der Waals surface area contributed by atoms with Crippen LogP contribution in [0, 0.1) is 12.8 Å². The summed E-state index contributed by atoms with van der Waals surface area (Å²) in [6.07, 6.45) is 6.89. The molecule has 0 spiro atoms. The number of halogens is 1. The highest BCUT2D eigenvalue weighted by atomic mass is 35.5. The molecule has 35 heavy (non-hydrogen) atoms. The summed E-state index contributed by atoms with van der Waals surface area (Å²) in [5.41, 5.74) is 2.89. The van der Waals surface area contributed by atoms with Gasteiger partial charge in [-0.3, -0.25) is 9.59 Å². The molecular weight excluding hydrogens is 462 g/mol. The molecule has 4 aromatic rings. The van der Waals surface area contributed by atoms with Crippen molar-refractivity contribution in [2.24, 2.45) is 5.92 Å². The molecule has 0 bridgehead atoms. The minimum atomic E-state index is -0.301. The topological polar surface area (TPSA) is 72.2 Å². The van der Waals surface area contributed by atoms with Crippen molar-refractivity contribution in [3.63, 3.8) is 0 Å². The Hall–Kier alpha value is -3.84. The Morgan fingerprint density at radius 1 is 1.03 bits per heavy atom. The van der Waals surface area contributed by atoms with Crippen LogP contribution >= 0.6 is 11.6 Å². The Labute approximate surface area is 208 Å². The summed E-state index contributed by atoms with van der Waals surface area (Å²) in [6.45, 7) is 2.83. The molecule has 8 heteroatoms. The van der Waals surface area contributed by atoms with Gasteiger partial charge >= 0.3 is 0 Å². The zero-order chi connectivity index (χ0) is 24.4. The summed E-state index contributed by atoms with van der Waals surface area (Å²) in [4.78, 5) is 28.5. The van der Waals surface area contributed by atoms with Crippen LogP contribution in [0.1, 0.15) is 28.8 Å². The summed E-state index contributed by atoms with van der Waals surface area (Å²) in [6, 6.07) is 19.0. The van der Waals surface area contributed by atoms with Gasteiger partial charge in [0.1, 0.15) is 5.56 Å². The van der Waals surface area contributed by atoms with E-state index in [0.29, 0.717) is 35.2 Å². The fraction of sp³-hybridized carbons (Fsp3) is 0.222. The first-order valence-electron chi connectivity index (χ1n) is 11.6. The van der Waals surface area contributed by atoms with Crippen molar-refractivity contribution >= 4 is 29.1 Å². The van der Waals surface area contributed by atoms with Gasteiger partial charge in [-0.05, 0) is 61.7 Å². The molecule has 5 rings (SSSR count). The van der Waals surface area contributed by atoms with Crippen molar-refractivity contribution in [1.82, 2.24) is 19.2 Å². The molecule has 1 aliphatic heterocycles. The molecule has 1 fully saturated rings. The van der Waals surface area contributed by atoms with Crippen molar-refractivity contribution in [3.8, 4) is 11.5 Å². The van der Waals surface area contributed by atoms with Gasteiger partial charge in [0.15, 0.2) is 5.82 Å². The Kier molecular flexibility index (Phi) is 6.42. The molecule has 2 aromatic heterocycles. The number of piperidine rings is 1. The Balaban J connectivity index is 1.39. The van der Waals surface area contributed by atoms with Crippen LogP contribution in [0.5, 0.6) is 0 Å². The largest absolute Gasteiger partial charge is 0.338 e. The normalized spacial score (nSPS) is 15.7. The van der Waals surface area contributed by atoms with E-state index in [9.17, 15) is 9.59 Å². The van der Waals surface area contributed by atoms with Gasteiger partial charge in [0, 0.05) is 36.2 Å². The average Bonchev–Trinajstić information content (AvgIpc) is 3.57. The maximum atomic E-state index is 13.7. The van der Waals surface area contributed by atoms with Crippen LogP contribution in [-0.2, 0) is 4.79 Å². The van der Waals surface area contributed by atoms with Crippen molar-refractivity contribution in [2.75, 3.05) is 18.4 Å². The maximum Gasteiger partial charge on any atom is 0.259 e. The van der Waals surface area contributed by atoms with E-state index >= 15 is 0 Å². The van der Waals surface area contributed by atoms with Crippen LogP contribution in [0.3, 0.4) is 0 Å². The van der Waals surface area contributed by atoms with Crippen LogP contribution in [0.2, 0.25) is 5.02 Å². The molecule has 2 amide bonds. The van der Waals surface area contributed by atoms with Gasteiger partial charge in [-0.1, -0.05) is 35.9 Å². The van der Waals surface area contributed by atoms with Crippen LogP contribution in [0.4, 0.5) is 5.69 Å².